The molecule has 1 aliphatic rings. The van der Waals surface area contributed by atoms with E-state index >= 15 is 0 Å². The quantitative estimate of drug-likeness (QED) is 0.431. The van der Waals surface area contributed by atoms with Gasteiger partial charge in [-0.25, -0.2) is 4.98 Å². The van der Waals surface area contributed by atoms with Crippen LogP contribution < -0.4 is 20.9 Å². The standard InChI is InChI=1S/C26H25N2O3P/c1-31-20-14-15-24-23(17-20)26(29)28-16-8-9-19(25(28)27-24)18-32(30,21-10-4-2-5-11-21)22-12-6-3-7-13-22/h2-7,10-15,17,19H,8-9,16,18H2,1H3. The molecule has 0 fully saturated rings. The fourth-order valence-corrected chi connectivity index (χ4v) is 7.67. The average molecular weight is 444 g/mol. The molecule has 5 nitrogen and oxygen atoms in total. The molecule has 6 heteroatoms. The highest BCUT2D eigenvalue weighted by Crippen LogP contribution is 2.48. The van der Waals surface area contributed by atoms with Crippen LogP contribution in [0.1, 0.15) is 24.6 Å². The molecule has 0 saturated heterocycles. The molecule has 5 rings (SSSR count). The van der Waals surface area contributed by atoms with Gasteiger partial charge >= 0.3 is 0 Å². The van der Waals surface area contributed by atoms with Crippen molar-refractivity contribution in [3.63, 3.8) is 0 Å². The Morgan fingerprint density at radius 1 is 1.00 bits per heavy atom. The summed E-state index contributed by atoms with van der Waals surface area (Å²) >= 11 is 0. The van der Waals surface area contributed by atoms with E-state index in [1.165, 1.54) is 0 Å². The van der Waals surface area contributed by atoms with Crippen molar-refractivity contribution >= 4 is 28.7 Å². The number of methoxy groups -OCH3 is 1. The normalized spacial score (nSPS) is 16.0. The molecule has 0 radical (unpaired) electrons. The van der Waals surface area contributed by atoms with Crippen LogP contribution in [0.2, 0.25) is 0 Å². The van der Waals surface area contributed by atoms with Crippen LogP contribution in [0.4, 0.5) is 0 Å². The summed E-state index contributed by atoms with van der Waals surface area (Å²) in [5.41, 5.74) is 0.603. The zero-order valence-corrected chi connectivity index (χ0v) is 18.9. The van der Waals surface area contributed by atoms with E-state index in [1.54, 1.807) is 17.7 Å². The zero-order chi connectivity index (χ0) is 22.1. The molecule has 2 heterocycles. The van der Waals surface area contributed by atoms with Crippen LogP contribution in [0.25, 0.3) is 10.9 Å². The summed E-state index contributed by atoms with van der Waals surface area (Å²) in [5, 5.41) is 2.25. The average Bonchev–Trinajstić information content (AvgIpc) is 2.85. The van der Waals surface area contributed by atoms with Gasteiger partial charge in [0.2, 0.25) is 0 Å². The Kier molecular flexibility index (Phi) is 5.44. The molecule has 1 aliphatic heterocycles. The third-order valence-corrected chi connectivity index (χ3v) is 9.53. The molecule has 0 spiro atoms. The number of benzene rings is 3. The second kappa shape index (κ2) is 8.40. The fraction of sp³-hybridized carbons (Fsp3) is 0.231. The molecule has 1 aromatic heterocycles. The SMILES string of the molecule is COc1ccc2nc3n(c(=O)c2c1)CCCC3CP(=O)(c1ccccc1)c1ccccc1. The van der Waals surface area contributed by atoms with Crippen LogP contribution in [-0.2, 0) is 11.1 Å². The van der Waals surface area contributed by atoms with Crippen molar-refractivity contribution in [2.45, 2.75) is 25.3 Å². The van der Waals surface area contributed by atoms with E-state index in [4.69, 9.17) is 9.72 Å². The zero-order valence-electron chi connectivity index (χ0n) is 18.0. The van der Waals surface area contributed by atoms with Gasteiger partial charge in [-0.15, -0.1) is 0 Å². The molecule has 0 amide bonds. The maximum atomic E-state index is 14.6. The second-order valence-corrected chi connectivity index (χ2v) is 11.1. The van der Waals surface area contributed by atoms with Crippen molar-refractivity contribution in [2.75, 3.05) is 13.3 Å². The van der Waals surface area contributed by atoms with Gasteiger partial charge < -0.3 is 9.30 Å². The molecule has 162 valence electrons. The number of fused-ring (bicyclic) bond motifs is 2. The largest absolute Gasteiger partial charge is 0.497 e. The number of hydrogen-bond donors (Lipinski definition) is 0. The summed E-state index contributed by atoms with van der Waals surface area (Å²) in [7, 11) is -1.32. The Morgan fingerprint density at radius 2 is 1.66 bits per heavy atom. The predicted octanol–water partition coefficient (Wildman–Crippen LogP) is 4.30. The molecule has 0 saturated carbocycles. The Labute approximate surface area is 187 Å². The summed E-state index contributed by atoms with van der Waals surface area (Å²) in [4.78, 5) is 18.2. The van der Waals surface area contributed by atoms with Crippen molar-refractivity contribution in [1.29, 1.82) is 0 Å². The van der Waals surface area contributed by atoms with Crippen molar-refractivity contribution in [3.05, 3.63) is 95.0 Å². The van der Waals surface area contributed by atoms with Crippen LogP contribution in [0, 0.1) is 0 Å². The molecule has 3 aromatic carbocycles. The van der Waals surface area contributed by atoms with Gasteiger partial charge in [0.15, 0.2) is 0 Å². The Balaban J connectivity index is 1.63. The van der Waals surface area contributed by atoms with E-state index in [2.05, 4.69) is 0 Å². The highest BCUT2D eigenvalue weighted by atomic mass is 31.2. The lowest BCUT2D eigenvalue weighted by Crippen LogP contribution is -2.33. The smallest absolute Gasteiger partial charge is 0.261 e. The maximum absolute atomic E-state index is 14.6. The summed E-state index contributed by atoms with van der Waals surface area (Å²) < 4.78 is 21.7. The summed E-state index contributed by atoms with van der Waals surface area (Å²) in [6.07, 6.45) is 2.17. The molecule has 0 bridgehead atoms. The van der Waals surface area contributed by atoms with E-state index in [-0.39, 0.29) is 11.5 Å². The first-order valence-electron chi connectivity index (χ1n) is 10.9. The number of nitrogens with zero attached hydrogens (tertiary/aromatic N) is 2. The Bertz CT molecular complexity index is 1320. The van der Waals surface area contributed by atoms with Gasteiger partial charge in [-0.1, -0.05) is 60.7 Å². The van der Waals surface area contributed by atoms with E-state index < -0.39 is 7.14 Å². The van der Waals surface area contributed by atoms with Crippen molar-refractivity contribution < 1.29 is 9.30 Å². The summed E-state index contributed by atoms with van der Waals surface area (Å²) in [6.45, 7) is 0.631. The van der Waals surface area contributed by atoms with Crippen LogP contribution in [0.5, 0.6) is 5.75 Å². The van der Waals surface area contributed by atoms with E-state index in [1.807, 2.05) is 72.8 Å². The summed E-state index contributed by atoms with van der Waals surface area (Å²) in [5.74, 6) is 1.32. The minimum Gasteiger partial charge on any atom is -0.497 e. The first-order chi connectivity index (χ1) is 15.6. The third kappa shape index (κ3) is 3.57. The van der Waals surface area contributed by atoms with Gasteiger partial charge in [0, 0.05) is 29.2 Å². The molecular formula is C26H25N2O3P. The topological polar surface area (TPSA) is 61.2 Å². The minimum atomic E-state index is -2.91. The van der Waals surface area contributed by atoms with Crippen molar-refractivity contribution in [2.24, 2.45) is 0 Å². The molecule has 1 unspecified atom stereocenters. The molecule has 4 aromatic rings. The minimum absolute atomic E-state index is 0.0529. The highest BCUT2D eigenvalue weighted by Gasteiger charge is 2.34. The molecule has 0 aliphatic carbocycles. The van der Waals surface area contributed by atoms with Gasteiger partial charge in [0.05, 0.1) is 18.0 Å². The molecular weight excluding hydrogens is 419 g/mol. The molecule has 32 heavy (non-hydrogen) atoms. The van der Waals surface area contributed by atoms with E-state index in [0.29, 0.717) is 29.4 Å². The summed E-state index contributed by atoms with van der Waals surface area (Å²) in [6, 6.07) is 24.8. The van der Waals surface area contributed by atoms with E-state index in [9.17, 15) is 9.36 Å². The lowest BCUT2D eigenvalue weighted by molar-refractivity contribution is 0.415. The number of rotatable bonds is 5. The van der Waals surface area contributed by atoms with Gasteiger partial charge in [-0.3, -0.25) is 9.36 Å². The molecule has 1 atom stereocenters. The first kappa shape index (κ1) is 20.7. The number of ether oxygens (including phenoxy) is 1. The first-order valence-corrected chi connectivity index (χ1v) is 12.8. The highest BCUT2D eigenvalue weighted by molar-refractivity contribution is 7.78. The van der Waals surface area contributed by atoms with Gasteiger partial charge in [0.1, 0.15) is 18.7 Å². The van der Waals surface area contributed by atoms with Crippen LogP contribution in [0.15, 0.2) is 83.7 Å². The van der Waals surface area contributed by atoms with Gasteiger partial charge in [0.25, 0.3) is 5.56 Å². The fourth-order valence-electron chi connectivity index (χ4n) is 4.68. The van der Waals surface area contributed by atoms with E-state index in [0.717, 1.165) is 29.3 Å². The van der Waals surface area contributed by atoms with Crippen LogP contribution in [-0.4, -0.2) is 22.8 Å². The maximum Gasteiger partial charge on any atom is 0.261 e. The van der Waals surface area contributed by atoms with Crippen molar-refractivity contribution in [3.8, 4) is 5.75 Å². The lowest BCUT2D eigenvalue weighted by Gasteiger charge is -2.30. The Morgan fingerprint density at radius 3 is 2.28 bits per heavy atom. The Hall–Kier alpha value is -3.17. The number of hydrogen-bond acceptors (Lipinski definition) is 4. The van der Waals surface area contributed by atoms with Crippen LogP contribution >= 0.6 is 7.14 Å². The lowest BCUT2D eigenvalue weighted by atomic mass is 10.00. The van der Waals surface area contributed by atoms with Crippen LogP contribution in [0.3, 0.4) is 0 Å². The monoisotopic (exact) mass is 444 g/mol. The molecule has 0 N–H and O–H groups in total. The van der Waals surface area contributed by atoms with Gasteiger partial charge in [-0.2, -0.15) is 0 Å². The third-order valence-electron chi connectivity index (χ3n) is 6.31. The van der Waals surface area contributed by atoms with Crippen molar-refractivity contribution in [1.82, 2.24) is 9.55 Å². The van der Waals surface area contributed by atoms with Gasteiger partial charge in [-0.05, 0) is 31.0 Å². The second-order valence-electron chi connectivity index (χ2n) is 8.24. The number of aromatic nitrogens is 2. The predicted molar refractivity (Wildman–Crippen MR) is 129 cm³/mol.